The number of piperidine rings is 1. The van der Waals surface area contributed by atoms with Gasteiger partial charge in [-0.15, -0.1) is 0 Å². The zero-order chi connectivity index (χ0) is 21.5. The Kier molecular flexibility index (Phi) is 7.21. The average molecular weight is 418 g/mol. The molecule has 3 rings (SSSR count). The highest BCUT2D eigenvalue weighted by molar-refractivity contribution is 5.95. The lowest BCUT2D eigenvalue weighted by Gasteiger charge is -2.32. The first-order valence-corrected chi connectivity index (χ1v) is 9.84. The largest absolute Gasteiger partial charge is 0.494 e. The Morgan fingerprint density at radius 2 is 1.57 bits per heavy atom. The Hall–Kier alpha value is -3.16. The maximum Gasteiger partial charge on any atom is 0.387 e. The topological polar surface area (TPSA) is 67.9 Å². The molecule has 0 radical (unpaired) electrons. The fourth-order valence-corrected chi connectivity index (χ4v) is 3.33. The second-order valence-electron chi connectivity index (χ2n) is 6.90. The van der Waals surface area contributed by atoms with E-state index < -0.39 is 6.61 Å². The summed E-state index contributed by atoms with van der Waals surface area (Å²) in [5.74, 6) is 0.402. The molecule has 1 N–H and O–H groups in total. The van der Waals surface area contributed by atoms with Gasteiger partial charge in [0.05, 0.1) is 6.61 Å². The third kappa shape index (κ3) is 5.68. The molecular weight excluding hydrogens is 394 g/mol. The van der Waals surface area contributed by atoms with Crippen LogP contribution in [0.5, 0.6) is 11.5 Å². The van der Waals surface area contributed by atoms with E-state index in [1.54, 1.807) is 29.2 Å². The van der Waals surface area contributed by atoms with E-state index in [2.05, 4.69) is 10.1 Å². The summed E-state index contributed by atoms with van der Waals surface area (Å²) in [6, 6.07) is 12.6. The predicted molar refractivity (Wildman–Crippen MR) is 107 cm³/mol. The standard InChI is InChI=1S/C22H24F2N2O4/c1-2-29-18-7-5-16(6-8-18)21(28)26-13-11-17(12-14-26)25-20(27)15-3-9-19(10-4-15)30-22(23)24/h3-10,17,22H,2,11-14H2,1H3,(H,25,27). The number of hydrogen-bond acceptors (Lipinski definition) is 4. The number of rotatable bonds is 7. The Balaban J connectivity index is 1.49. The first-order chi connectivity index (χ1) is 14.5. The van der Waals surface area contributed by atoms with Crippen LogP contribution in [0.2, 0.25) is 0 Å². The minimum Gasteiger partial charge on any atom is -0.494 e. The van der Waals surface area contributed by atoms with Crippen molar-refractivity contribution < 1.29 is 27.8 Å². The van der Waals surface area contributed by atoms with E-state index in [4.69, 9.17) is 4.74 Å². The fourth-order valence-electron chi connectivity index (χ4n) is 3.33. The van der Waals surface area contributed by atoms with Gasteiger partial charge in [0.1, 0.15) is 11.5 Å². The van der Waals surface area contributed by atoms with Gasteiger partial charge >= 0.3 is 6.61 Å². The Morgan fingerprint density at radius 1 is 1.00 bits per heavy atom. The van der Waals surface area contributed by atoms with E-state index in [0.717, 1.165) is 5.75 Å². The van der Waals surface area contributed by atoms with Crippen LogP contribution < -0.4 is 14.8 Å². The molecule has 0 aliphatic carbocycles. The summed E-state index contributed by atoms with van der Waals surface area (Å²) in [5.41, 5.74) is 0.969. The van der Waals surface area contributed by atoms with Gasteiger partial charge in [-0.25, -0.2) is 0 Å². The summed E-state index contributed by atoms with van der Waals surface area (Å²) >= 11 is 0. The number of nitrogens with one attached hydrogen (secondary N) is 1. The van der Waals surface area contributed by atoms with Gasteiger partial charge in [-0.2, -0.15) is 8.78 Å². The van der Waals surface area contributed by atoms with Gasteiger partial charge in [-0.3, -0.25) is 9.59 Å². The van der Waals surface area contributed by atoms with E-state index in [0.29, 0.717) is 43.7 Å². The number of nitrogens with zero attached hydrogens (tertiary/aromatic N) is 1. The molecule has 8 heteroatoms. The van der Waals surface area contributed by atoms with Gasteiger partial charge < -0.3 is 19.7 Å². The van der Waals surface area contributed by atoms with E-state index in [-0.39, 0.29) is 23.6 Å². The first kappa shape index (κ1) is 21.5. The molecule has 1 saturated heterocycles. The monoisotopic (exact) mass is 418 g/mol. The lowest BCUT2D eigenvalue weighted by atomic mass is 10.0. The van der Waals surface area contributed by atoms with Gasteiger partial charge in [0, 0.05) is 30.3 Å². The molecular formula is C22H24F2N2O4. The number of alkyl halides is 2. The van der Waals surface area contributed by atoms with E-state index in [9.17, 15) is 18.4 Å². The normalized spacial score (nSPS) is 14.5. The average Bonchev–Trinajstić information content (AvgIpc) is 2.75. The zero-order valence-electron chi connectivity index (χ0n) is 16.6. The highest BCUT2D eigenvalue weighted by atomic mass is 19.3. The SMILES string of the molecule is CCOc1ccc(C(=O)N2CCC(NC(=O)c3ccc(OC(F)F)cc3)CC2)cc1. The molecule has 0 aromatic heterocycles. The van der Waals surface area contributed by atoms with Crippen molar-refractivity contribution in [2.75, 3.05) is 19.7 Å². The summed E-state index contributed by atoms with van der Waals surface area (Å²) in [6.45, 7) is 0.648. The van der Waals surface area contributed by atoms with Gasteiger partial charge in [0.25, 0.3) is 11.8 Å². The van der Waals surface area contributed by atoms with Gasteiger partial charge in [-0.05, 0) is 68.3 Å². The predicted octanol–water partition coefficient (Wildman–Crippen LogP) is 3.72. The van der Waals surface area contributed by atoms with Crippen LogP contribution in [0.25, 0.3) is 0 Å². The van der Waals surface area contributed by atoms with Crippen LogP contribution in [0.15, 0.2) is 48.5 Å². The molecule has 1 heterocycles. The van der Waals surface area contributed by atoms with E-state index in [1.807, 2.05) is 6.92 Å². The third-order valence-electron chi connectivity index (χ3n) is 4.87. The second-order valence-corrected chi connectivity index (χ2v) is 6.90. The van der Waals surface area contributed by atoms with E-state index in [1.165, 1.54) is 24.3 Å². The smallest absolute Gasteiger partial charge is 0.387 e. The molecule has 2 amide bonds. The van der Waals surface area contributed by atoms with Gasteiger partial charge in [0.15, 0.2) is 0 Å². The summed E-state index contributed by atoms with van der Waals surface area (Å²) in [5, 5.41) is 2.93. The van der Waals surface area contributed by atoms with Crippen molar-refractivity contribution >= 4 is 11.8 Å². The third-order valence-corrected chi connectivity index (χ3v) is 4.87. The van der Waals surface area contributed by atoms with Crippen LogP contribution >= 0.6 is 0 Å². The van der Waals surface area contributed by atoms with Crippen molar-refractivity contribution in [2.45, 2.75) is 32.4 Å². The van der Waals surface area contributed by atoms with Crippen molar-refractivity contribution in [3.8, 4) is 11.5 Å². The molecule has 0 bridgehead atoms. The minimum atomic E-state index is -2.90. The Labute approximate surface area is 173 Å². The number of ether oxygens (including phenoxy) is 2. The second kappa shape index (κ2) is 10.0. The Bertz CT molecular complexity index is 848. The van der Waals surface area contributed by atoms with Gasteiger partial charge in [0.2, 0.25) is 0 Å². The quantitative estimate of drug-likeness (QED) is 0.744. The molecule has 0 spiro atoms. The maximum atomic E-state index is 12.7. The number of amides is 2. The highest BCUT2D eigenvalue weighted by Crippen LogP contribution is 2.18. The lowest BCUT2D eigenvalue weighted by molar-refractivity contribution is -0.0498. The molecule has 0 atom stereocenters. The van der Waals surface area contributed by atoms with Crippen LogP contribution in [0.3, 0.4) is 0 Å². The summed E-state index contributed by atoms with van der Waals surface area (Å²) in [4.78, 5) is 26.8. The lowest BCUT2D eigenvalue weighted by Crippen LogP contribution is -2.46. The summed E-state index contributed by atoms with van der Waals surface area (Å²) in [6.07, 6.45) is 1.28. The van der Waals surface area contributed by atoms with Crippen LogP contribution in [0, 0.1) is 0 Å². The van der Waals surface area contributed by atoms with Crippen molar-refractivity contribution in [3.05, 3.63) is 59.7 Å². The number of benzene rings is 2. The van der Waals surface area contributed by atoms with Crippen molar-refractivity contribution in [1.82, 2.24) is 10.2 Å². The molecule has 160 valence electrons. The molecule has 1 fully saturated rings. The van der Waals surface area contributed by atoms with Crippen molar-refractivity contribution in [1.29, 1.82) is 0 Å². The Morgan fingerprint density at radius 3 is 2.13 bits per heavy atom. The van der Waals surface area contributed by atoms with Crippen molar-refractivity contribution in [2.24, 2.45) is 0 Å². The maximum absolute atomic E-state index is 12.7. The van der Waals surface area contributed by atoms with Crippen molar-refractivity contribution in [3.63, 3.8) is 0 Å². The fraction of sp³-hybridized carbons (Fsp3) is 0.364. The van der Waals surface area contributed by atoms with Gasteiger partial charge in [-0.1, -0.05) is 0 Å². The summed E-state index contributed by atoms with van der Waals surface area (Å²) in [7, 11) is 0. The molecule has 1 aliphatic heterocycles. The number of carbonyl (C=O) groups is 2. The highest BCUT2D eigenvalue weighted by Gasteiger charge is 2.25. The summed E-state index contributed by atoms with van der Waals surface area (Å²) < 4.78 is 34.1. The first-order valence-electron chi connectivity index (χ1n) is 9.84. The van der Waals surface area contributed by atoms with E-state index >= 15 is 0 Å². The van der Waals surface area contributed by atoms with Crippen LogP contribution in [0.4, 0.5) is 8.78 Å². The molecule has 2 aromatic rings. The number of halogens is 2. The number of hydrogen-bond donors (Lipinski definition) is 1. The van der Waals surface area contributed by atoms with Crippen LogP contribution in [0.1, 0.15) is 40.5 Å². The molecule has 0 unspecified atom stereocenters. The molecule has 0 saturated carbocycles. The minimum absolute atomic E-state index is 0.00246. The molecule has 6 nitrogen and oxygen atoms in total. The number of carbonyl (C=O) groups excluding carboxylic acids is 2. The molecule has 1 aliphatic rings. The van der Waals surface area contributed by atoms with Crippen LogP contribution in [-0.4, -0.2) is 49.1 Å². The molecule has 2 aromatic carbocycles. The van der Waals surface area contributed by atoms with Crippen LogP contribution in [-0.2, 0) is 0 Å². The molecule has 30 heavy (non-hydrogen) atoms. The zero-order valence-corrected chi connectivity index (χ0v) is 16.6. The number of likely N-dealkylation sites (tertiary alicyclic amines) is 1.